The molecule has 0 bridgehead atoms. The molecule has 136 valence electrons. The zero-order valence-corrected chi connectivity index (χ0v) is 15.9. The van der Waals surface area contributed by atoms with Crippen LogP contribution < -0.4 is 11.1 Å². The molecule has 1 saturated carbocycles. The first-order chi connectivity index (χ1) is 11.6. The summed E-state index contributed by atoms with van der Waals surface area (Å²) in [5, 5.41) is 8.43. The summed E-state index contributed by atoms with van der Waals surface area (Å²) in [7, 11) is 0. The number of halogens is 3. The lowest BCUT2D eigenvalue weighted by atomic mass is 9.95. The zero-order chi connectivity index (χ0) is 17.1. The van der Waals surface area contributed by atoms with E-state index in [1.807, 2.05) is 6.07 Å². The maximum absolute atomic E-state index is 12.5. The van der Waals surface area contributed by atoms with Crippen molar-refractivity contribution in [3.05, 3.63) is 46.1 Å². The molecule has 1 fully saturated rings. The van der Waals surface area contributed by atoms with Gasteiger partial charge in [-0.1, -0.05) is 35.7 Å². The van der Waals surface area contributed by atoms with Crippen molar-refractivity contribution in [1.29, 1.82) is 0 Å². The Bertz CT molecular complexity index is 734. The fourth-order valence-electron chi connectivity index (χ4n) is 3.26. The topological polar surface area (TPSA) is 72.9 Å². The molecule has 0 aliphatic heterocycles. The molecule has 0 radical (unpaired) electrons. The lowest BCUT2D eigenvalue weighted by Crippen LogP contribution is -2.30. The van der Waals surface area contributed by atoms with Crippen molar-refractivity contribution in [3.63, 3.8) is 0 Å². The van der Waals surface area contributed by atoms with Gasteiger partial charge in [0.25, 0.3) is 0 Å². The summed E-state index contributed by atoms with van der Waals surface area (Å²) in [6.07, 6.45) is 4.63. The number of nitrogens with one attached hydrogen (secondary N) is 1. The minimum Gasteiger partial charge on any atom is -0.330 e. The van der Waals surface area contributed by atoms with Gasteiger partial charge in [0.05, 0.1) is 12.7 Å². The molecule has 5 nitrogen and oxygen atoms in total. The monoisotopic (exact) mass is 402 g/mol. The molecule has 8 heteroatoms. The smallest absolute Gasteiger partial charge is 0.228 e. The third-order valence-electron chi connectivity index (χ3n) is 4.60. The van der Waals surface area contributed by atoms with E-state index in [2.05, 4.69) is 10.4 Å². The van der Waals surface area contributed by atoms with Gasteiger partial charge in [-0.3, -0.25) is 4.79 Å². The normalized spacial score (nSPS) is 19.5. The van der Waals surface area contributed by atoms with Gasteiger partial charge < -0.3 is 11.1 Å². The molecular formula is C17H21Cl3N4O. The van der Waals surface area contributed by atoms with Gasteiger partial charge in [-0.05, 0) is 43.0 Å². The van der Waals surface area contributed by atoms with Gasteiger partial charge in [0.15, 0.2) is 0 Å². The number of aromatic nitrogens is 2. The van der Waals surface area contributed by atoms with E-state index in [0.717, 1.165) is 24.8 Å². The van der Waals surface area contributed by atoms with Gasteiger partial charge >= 0.3 is 0 Å². The fourth-order valence-corrected chi connectivity index (χ4v) is 3.73. The van der Waals surface area contributed by atoms with Gasteiger partial charge in [-0.25, -0.2) is 4.68 Å². The van der Waals surface area contributed by atoms with E-state index in [-0.39, 0.29) is 30.2 Å². The predicted octanol–water partition coefficient (Wildman–Crippen LogP) is 3.97. The summed E-state index contributed by atoms with van der Waals surface area (Å²) >= 11 is 12.1. The standard InChI is InChI=1S/C17H20Cl2N4O.ClH/c18-13-5-4-12(15(19)8-13)10-23-16(6-7-21-23)22-17(24)14-3-1-2-11(14)9-20;/h4-8,11,14H,1-3,9-10,20H2,(H,22,24);1H/t11-,14-;/m1./s1. The van der Waals surface area contributed by atoms with Crippen molar-refractivity contribution >= 4 is 47.3 Å². The minimum atomic E-state index is -0.0162. The number of nitrogens with zero attached hydrogens (tertiary/aromatic N) is 2. The Labute approximate surface area is 163 Å². The quantitative estimate of drug-likeness (QED) is 0.793. The summed E-state index contributed by atoms with van der Waals surface area (Å²) < 4.78 is 1.72. The second-order valence-corrected chi connectivity index (χ2v) is 6.98. The Kier molecular flexibility index (Phi) is 7.14. The van der Waals surface area contributed by atoms with E-state index in [9.17, 15) is 4.79 Å². The number of anilines is 1. The van der Waals surface area contributed by atoms with Crippen LogP contribution in [-0.4, -0.2) is 22.2 Å². The SMILES string of the molecule is Cl.NC[C@H]1CCC[C@H]1C(=O)Nc1ccnn1Cc1ccc(Cl)cc1Cl. The first-order valence-corrected chi connectivity index (χ1v) is 8.80. The van der Waals surface area contributed by atoms with Crippen molar-refractivity contribution in [3.8, 4) is 0 Å². The van der Waals surface area contributed by atoms with E-state index >= 15 is 0 Å². The van der Waals surface area contributed by atoms with Gasteiger partial charge in [0.1, 0.15) is 5.82 Å². The van der Waals surface area contributed by atoms with Crippen LogP contribution in [0, 0.1) is 11.8 Å². The number of carbonyl (C=O) groups excluding carboxylic acids is 1. The second-order valence-electron chi connectivity index (χ2n) is 6.13. The molecule has 0 spiro atoms. The molecule has 1 amide bonds. The van der Waals surface area contributed by atoms with Crippen molar-refractivity contribution in [2.45, 2.75) is 25.8 Å². The maximum atomic E-state index is 12.5. The lowest BCUT2D eigenvalue weighted by molar-refractivity contribution is -0.120. The second kappa shape index (κ2) is 8.90. The predicted molar refractivity (Wildman–Crippen MR) is 104 cm³/mol. The molecule has 1 aromatic carbocycles. The highest BCUT2D eigenvalue weighted by molar-refractivity contribution is 6.35. The van der Waals surface area contributed by atoms with Crippen LogP contribution in [-0.2, 0) is 11.3 Å². The molecule has 2 atom stereocenters. The number of nitrogens with two attached hydrogens (primary N) is 1. The molecule has 1 aromatic heterocycles. The van der Waals surface area contributed by atoms with Gasteiger partial charge in [0.2, 0.25) is 5.91 Å². The highest BCUT2D eigenvalue weighted by Crippen LogP contribution is 2.32. The van der Waals surface area contributed by atoms with E-state index in [4.69, 9.17) is 28.9 Å². The van der Waals surface area contributed by atoms with Crippen LogP contribution in [0.3, 0.4) is 0 Å². The molecule has 0 unspecified atom stereocenters. The summed E-state index contributed by atoms with van der Waals surface area (Å²) in [4.78, 5) is 12.5. The minimum absolute atomic E-state index is 0. The van der Waals surface area contributed by atoms with Crippen LogP contribution in [0.1, 0.15) is 24.8 Å². The van der Waals surface area contributed by atoms with Crippen LogP contribution >= 0.6 is 35.6 Å². The number of hydrogen-bond acceptors (Lipinski definition) is 3. The van der Waals surface area contributed by atoms with Crippen molar-refractivity contribution in [2.75, 3.05) is 11.9 Å². The highest BCUT2D eigenvalue weighted by Gasteiger charge is 2.32. The molecule has 0 saturated heterocycles. The Hall–Kier alpha value is -1.27. The average molecular weight is 404 g/mol. The van der Waals surface area contributed by atoms with Crippen LogP contribution in [0.5, 0.6) is 0 Å². The molecule has 1 heterocycles. The van der Waals surface area contributed by atoms with Crippen molar-refractivity contribution in [2.24, 2.45) is 17.6 Å². The number of carbonyl (C=O) groups is 1. The van der Waals surface area contributed by atoms with E-state index in [0.29, 0.717) is 29.0 Å². The van der Waals surface area contributed by atoms with Gasteiger partial charge in [0, 0.05) is 22.0 Å². The number of benzene rings is 1. The summed E-state index contributed by atoms with van der Waals surface area (Å²) in [6.45, 7) is 1.02. The molecule has 3 N–H and O–H groups in total. The molecule has 3 rings (SSSR count). The third-order valence-corrected chi connectivity index (χ3v) is 5.19. The molecule has 1 aliphatic carbocycles. The fraction of sp³-hybridized carbons (Fsp3) is 0.412. The van der Waals surface area contributed by atoms with Crippen molar-refractivity contribution in [1.82, 2.24) is 9.78 Å². The zero-order valence-electron chi connectivity index (χ0n) is 13.6. The number of hydrogen-bond donors (Lipinski definition) is 2. The van der Waals surface area contributed by atoms with Crippen molar-refractivity contribution < 1.29 is 4.79 Å². The van der Waals surface area contributed by atoms with Crippen LogP contribution in [0.2, 0.25) is 10.0 Å². The number of amides is 1. The van der Waals surface area contributed by atoms with E-state index in [1.54, 1.807) is 29.1 Å². The molecule has 2 aromatic rings. The summed E-state index contributed by atoms with van der Waals surface area (Å²) in [5.74, 6) is 0.935. The summed E-state index contributed by atoms with van der Waals surface area (Å²) in [5.41, 5.74) is 6.66. The highest BCUT2D eigenvalue weighted by atomic mass is 35.5. The molecule has 25 heavy (non-hydrogen) atoms. The van der Waals surface area contributed by atoms with E-state index < -0.39 is 0 Å². The average Bonchev–Trinajstić information content (AvgIpc) is 3.19. The van der Waals surface area contributed by atoms with Crippen LogP contribution in [0.4, 0.5) is 5.82 Å². The largest absolute Gasteiger partial charge is 0.330 e. The Morgan fingerprint density at radius 3 is 2.84 bits per heavy atom. The van der Waals surface area contributed by atoms with Gasteiger partial charge in [-0.2, -0.15) is 5.10 Å². The maximum Gasteiger partial charge on any atom is 0.228 e. The van der Waals surface area contributed by atoms with Crippen LogP contribution in [0.25, 0.3) is 0 Å². The number of rotatable bonds is 5. The third kappa shape index (κ3) is 4.67. The Morgan fingerprint density at radius 1 is 1.32 bits per heavy atom. The Balaban J connectivity index is 0.00000225. The summed E-state index contributed by atoms with van der Waals surface area (Å²) in [6, 6.07) is 7.13. The van der Waals surface area contributed by atoms with E-state index in [1.165, 1.54) is 0 Å². The lowest BCUT2D eigenvalue weighted by Gasteiger charge is -2.18. The molecule has 1 aliphatic rings. The van der Waals surface area contributed by atoms with Crippen LogP contribution in [0.15, 0.2) is 30.5 Å². The molecular weight excluding hydrogens is 383 g/mol. The first-order valence-electron chi connectivity index (χ1n) is 8.05. The Morgan fingerprint density at radius 2 is 2.12 bits per heavy atom. The van der Waals surface area contributed by atoms with Gasteiger partial charge in [-0.15, -0.1) is 12.4 Å². The first kappa shape index (κ1) is 20.0.